The van der Waals surface area contributed by atoms with Gasteiger partial charge in [-0.1, -0.05) is 18.2 Å². The molecule has 0 spiro atoms. The Morgan fingerprint density at radius 1 is 1.17 bits per heavy atom. The van der Waals surface area contributed by atoms with Gasteiger partial charge in [0.25, 0.3) is 5.91 Å². The molecule has 0 aliphatic carbocycles. The van der Waals surface area contributed by atoms with Crippen LogP contribution < -0.4 is 5.32 Å². The minimum absolute atomic E-state index is 0.0322. The van der Waals surface area contributed by atoms with Crippen LogP contribution in [0.1, 0.15) is 34.7 Å². The number of benzene rings is 1. The molecular weight excluding hydrogens is 370 g/mol. The van der Waals surface area contributed by atoms with Crippen LogP contribution in [0, 0.1) is 6.92 Å². The van der Waals surface area contributed by atoms with Crippen molar-refractivity contribution >= 4 is 11.8 Å². The van der Waals surface area contributed by atoms with E-state index < -0.39 is 0 Å². The lowest BCUT2D eigenvalue weighted by atomic mass is 10.0. The van der Waals surface area contributed by atoms with Gasteiger partial charge < -0.3 is 19.1 Å². The summed E-state index contributed by atoms with van der Waals surface area (Å²) in [5, 5.41) is 3.06. The molecule has 0 radical (unpaired) electrons. The molecule has 1 fully saturated rings. The standard InChI is InChI=1S/C22H23N3O4/c1-15-19(24-21(29-15)16-5-3-2-4-6-16)13-20(26)23-18-7-10-25(11-8-18)22(27)17-9-12-28-14-17/h2-6,9,12,14,18H,7-8,10-11,13H2,1H3,(H,23,26). The van der Waals surface area contributed by atoms with Gasteiger partial charge in [-0.25, -0.2) is 4.98 Å². The number of likely N-dealkylation sites (tertiary alicyclic amines) is 1. The lowest BCUT2D eigenvalue weighted by Crippen LogP contribution is -2.46. The largest absolute Gasteiger partial charge is 0.472 e. The zero-order chi connectivity index (χ0) is 20.2. The Hall–Kier alpha value is -3.35. The average molecular weight is 393 g/mol. The highest BCUT2D eigenvalue weighted by Crippen LogP contribution is 2.22. The second kappa shape index (κ2) is 8.34. The van der Waals surface area contributed by atoms with Crippen LogP contribution in [0.15, 0.2) is 57.8 Å². The monoisotopic (exact) mass is 393 g/mol. The van der Waals surface area contributed by atoms with Crippen molar-refractivity contribution in [2.24, 2.45) is 0 Å². The van der Waals surface area contributed by atoms with Crippen LogP contribution in [0.4, 0.5) is 0 Å². The molecule has 3 aromatic rings. The van der Waals surface area contributed by atoms with Crippen LogP contribution in [0.5, 0.6) is 0 Å². The predicted molar refractivity (Wildman–Crippen MR) is 106 cm³/mol. The van der Waals surface area contributed by atoms with Crippen LogP contribution >= 0.6 is 0 Å². The Morgan fingerprint density at radius 3 is 2.62 bits per heavy atom. The molecule has 0 atom stereocenters. The molecule has 29 heavy (non-hydrogen) atoms. The number of carbonyl (C=O) groups excluding carboxylic acids is 2. The zero-order valence-electron chi connectivity index (χ0n) is 16.3. The molecule has 150 valence electrons. The summed E-state index contributed by atoms with van der Waals surface area (Å²) in [4.78, 5) is 31.1. The molecule has 4 rings (SSSR count). The Morgan fingerprint density at radius 2 is 1.93 bits per heavy atom. The normalized spacial score (nSPS) is 14.7. The summed E-state index contributed by atoms with van der Waals surface area (Å²) in [6.07, 6.45) is 4.58. The smallest absolute Gasteiger partial charge is 0.257 e. The third-order valence-corrected chi connectivity index (χ3v) is 5.16. The molecule has 2 aromatic heterocycles. The fraction of sp³-hybridized carbons (Fsp3) is 0.318. The van der Waals surface area contributed by atoms with Gasteiger partial charge in [-0.05, 0) is 38.0 Å². The summed E-state index contributed by atoms with van der Waals surface area (Å²) in [6, 6.07) is 11.3. The summed E-state index contributed by atoms with van der Waals surface area (Å²) in [5.41, 5.74) is 2.09. The molecule has 7 nitrogen and oxygen atoms in total. The van der Waals surface area contributed by atoms with Gasteiger partial charge in [0.15, 0.2) is 0 Å². The summed E-state index contributed by atoms with van der Waals surface area (Å²) < 4.78 is 10.7. The van der Waals surface area contributed by atoms with E-state index in [1.165, 1.54) is 12.5 Å². The van der Waals surface area contributed by atoms with E-state index in [9.17, 15) is 9.59 Å². The van der Waals surface area contributed by atoms with Gasteiger partial charge in [0.2, 0.25) is 11.8 Å². The van der Waals surface area contributed by atoms with Gasteiger partial charge in [-0.3, -0.25) is 9.59 Å². The van der Waals surface area contributed by atoms with Gasteiger partial charge in [-0.15, -0.1) is 0 Å². The van der Waals surface area contributed by atoms with Crippen molar-refractivity contribution in [3.63, 3.8) is 0 Å². The summed E-state index contributed by atoms with van der Waals surface area (Å²) >= 11 is 0. The molecule has 1 aliphatic rings. The number of hydrogen-bond donors (Lipinski definition) is 1. The molecule has 1 aromatic carbocycles. The highest BCUT2D eigenvalue weighted by Gasteiger charge is 2.25. The minimum atomic E-state index is -0.0828. The molecule has 0 unspecified atom stereocenters. The Balaban J connectivity index is 1.30. The number of nitrogens with one attached hydrogen (secondary N) is 1. The Kier molecular flexibility index (Phi) is 5.46. The molecule has 7 heteroatoms. The topological polar surface area (TPSA) is 88.6 Å². The predicted octanol–water partition coefficient (Wildman–Crippen LogP) is 3.21. The van der Waals surface area contributed by atoms with Crippen molar-refractivity contribution in [3.8, 4) is 11.5 Å². The first kappa shape index (κ1) is 19.0. The maximum Gasteiger partial charge on any atom is 0.257 e. The number of furan rings is 1. The first-order valence-electron chi connectivity index (χ1n) is 9.72. The lowest BCUT2D eigenvalue weighted by molar-refractivity contribution is -0.121. The van der Waals surface area contributed by atoms with Crippen LogP contribution in [0.25, 0.3) is 11.5 Å². The van der Waals surface area contributed by atoms with Crippen LogP contribution in [-0.4, -0.2) is 40.8 Å². The maximum absolute atomic E-state index is 12.5. The quantitative estimate of drug-likeness (QED) is 0.719. The van der Waals surface area contributed by atoms with E-state index in [4.69, 9.17) is 8.83 Å². The summed E-state index contributed by atoms with van der Waals surface area (Å²) in [5.74, 6) is 1.06. The van der Waals surface area contributed by atoms with Gasteiger partial charge in [0, 0.05) is 24.7 Å². The van der Waals surface area contributed by atoms with E-state index in [-0.39, 0.29) is 24.3 Å². The number of hydrogen-bond acceptors (Lipinski definition) is 5. The fourth-order valence-electron chi connectivity index (χ4n) is 3.52. The third kappa shape index (κ3) is 4.39. The first-order valence-corrected chi connectivity index (χ1v) is 9.72. The number of rotatable bonds is 5. The molecule has 3 heterocycles. The van der Waals surface area contributed by atoms with E-state index in [0.29, 0.717) is 36.0 Å². The highest BCUT2D eigenvalue weighted by atomic mass is 16.4. The van der Waals surface area contributed by atoms with Crippen molar-refractivity contribution in [2.45, 2.75) is 32.2 Å². The molecule has 1 N–H and O–H groups in total. The molecule has 1 saturated heterocycles. The number of aromatic nitrogens is 1. The molecular formula is C22H23N3O4. The number of aryl methyl sites for hydroxylation is 1. The second-order valence-corrected chi connectivity index (χ2v) is 7.21. The number of amides is 2. The van der Waals surface area contributed by atoms with E-state index in [1.807, 2.05) is 37.3 Å². The van der Waals surface area contributed by atoms with Gasteiger partial charge >= 0.3 is 0 Å². The summed E-state index contributed by atoms with van der Waals surface area (Å²) in [6.45, 7) is 3.04. The second-order valence-electron chi connectivity index (χ2n) is 7.21. The van der Waals surface area contributed by atoms with Crippen molar-refractivity contribution < 1.29 is 18.4 Å². The number of oxazole rings is 1. The van der Waals surface area contributed by atoms with Gasteiger partial charge in [0.05, 0.1) is 23.9 Å². The van der Waals surface area contributed by atoms with Crippen LogP contribution in [0.2, 0.25) is 0 Å². The number of carbonyl (C=O) groups is 2. The van der Waals surface area contributed by atoms with Crippen molar-refractivity contribution in [1.29, 1.82) is 0 Å². The lowest BCUT2D eigenvalue weighted by Gasteiger charge is -2.32. The average Bonchev–Trinajstić information content (AvgIpc) is 3.39. The van der Waals surface area contributed by atoms with Crippen molar-refractivity contribution in [2.75, 3.05) is 13.1 Å². The Bertz CT molecular complexity index is 971. The molecule has 0 bridgehead atoms. The van der Waals surface area contributed by atoms with Crippen LogP contribution in [-0.2, 0) is 11.2 Å². The minimum Gasteiger partial charge on any atom is -0.472 e. The van der Waals surface area contributed by atoms with Crippen molar-refractivity contribution in [1.82, 2.24) is 15.2 Å². The van der Waals surface area contributed by atoms with Crippen LogP contribution in [0.3, 0.4) is 0 Å². The van der Waals surface area contributed by atoms with E-state index in [1.54, 1.807) is 11.0 Å². The Labute approximate surface area is 168 Å². The SMILES string of the molecule is Cc1oc(-c2ccccc2)nc1CC(=O)NC1CCN(C(=O)c2ccoc2)CC1. The van der Waals surface area contributed by atoms with E-state index in [0.717, 1.165) is 18.4 Å². The number of piperidine rings is 1. The maximum atomic E-state index is 12.5. The molecule has 1 aliphatic heterocycles. The van der Waals surface area contributed by atoms with Gasteiger partial charge in [0.1, 0.15) is 12.0 Å². The first-order chi connectivity index (χ1) is 14.1. The van der Waals surface area contributed by atoms with Crippen molar-refractivity contribution in [3.05, 3.63) is 65.9 Å². The highest BCUT2D eigenvalue weighted by molar-refractivity contribution is 5.93. The molecule has 2 amide bonds. The molecule has 0 saturated carbocycles. The summed E-state index contributed by atoms with van der Waals surface area (Å²) in [7, 11) is 0. The third-order valence-electron chi connectivity index (χ3n) is 5.16. The fourth-order valence-corrected chi connectivity index (χ4v) is 3.52. The number of nitrogens with zero attached hydrogens (tertiary/aromatic N) is 2. The van der Waals surface area contributed by atoms with E-state index >= 15 is 0 Å². The van der Waals surface area contributed by atoms with Gasteiger partial charge in [-0.2, -0.15) is 0 Å². The zero-order valence-corrected chi connectivity index (χ0v) is 16.3. The van der Waals surface area contributed by atoms with E-state index in [2.05, 4.69) is 10.3 Å².